The fourth-order valence-electron chi connectivity index (χ4n) is 3.52. The highest BCUT2D eigenvalue weighted by Gasteiger charge is 2.33. The normalized spacial score (nSPS) is 16.2. The van der Waals surface area contributed by atoms with Crippen LogP contribution in [0.15, 0.2) is 30.3 Å². The average Bonchev–Trinajstić information content (AvgIpc) is 3.15. The van der Waals surface area contributed by atoms with Crippen LogP contribution in [0.5, 0.6) is 0 Å². The minimum atomic E-state index is -0.974. The second kappa shape index (κ2) is 12.6. The van der Waals surface area contributed by atoms with E-state index in [1.54, 1.807) is 0 Å². The molecule has 0 aliphatic carbocycles. The van der Waals surface area contributed by atoms with Gasteiger partial charge in [0.05, 0.1) is 5.25 Å². The molecule has 0 aromatic heterocycles. The van der Waals surface area contributed by atoms with Gasteiger partial charge in [0.15, 0.2) is 0 Å². The van der Waals surface area contributed by atoms with Crippen LogP contribution in [0.2, 0.25) is 0 Å². The zero-order valence-corrected chi connectivity index (χ0v) is 20.5. The van der Waals surface area contributed by atoms with Gasteiger partial charge in [0, 0.05) is 45.7 Å². The number of benzene rings is 1. The molecule has 1 heterocycles. The Labute approximate surface area is 204 Å². The minimum absolute atomic E-state index is 0.0182. The Morgan fingerprint density at radius 2 is 1.70 bits per heavy atom. The fraction of sp³-hybridized carbons (Fsp3) is 0.500. The van der Waals surface area contributed by atoms with Crippen molar-refractivity contribution in [1.82, 2.24) is 20.4 Å². The summed E-state index contributed by atoms with van der Waals surface area (Å²) in [7, 11) is 3.01. The number of carbonyl (C=O) groups excluding carboxylic acids is 5. The van der Waals surface area contributed by atoms with Gasteiger partial charge in [0.25, 0.3) is 0 Å². The Balaban J connectivity index is 2.00. The van der Waals surface area contributed by atoms with Crippen molar-refractivity contribution in [2.75, 3.05) is 26.4 Å². The predicted molar refractivity (Wildman–Crippen MR) is 130 cm³/mol. The van der Waals surface area contributed by atoms with Gasteiger partial charge in [-0.25, -0.2) is 0 Å². The van der Waals surface area contributed by atoms with E-state index in [0.29, 0.717) is 6.42 Å². The monoisotopic (exact) mass is 494 g/mol. The minimum Gasteiger partial charge on any atom is -0.357 e. The van der Waals surface area contributed by atoms with E-state index in [9.17, 15) is 24.0 Å². The summed E-state index contributed by atoms with van der Waals surface area (Å²) in [5, 5.41) is 4.37. The lowest BCUT2D eigenvalue weighted by Crippen LogP contribution is -2.56. The number of amides is 5. The van der Waals surface area contributed by atoms with Crippen LogP contribution >= 0.6 is 25.3 Å². The summed E-state index contributed by atoms with van der Waals surface area (Å²) in [6, 6.07) is 7.56. The van der Waals surface area contributed by atoms with Gasteiger partial charge in [-0.1, -0.05) is 30.3 Å². The maximum absolute atomic E-state index is 13.1. The lowest BCUT2D eigenvalue weighted by Gasteiger charge is -2.30. The Kier molecular flexibility index (Phi) is 10.2. The molecule has 1 aliphatic rings. The second-order valence-electron chi connectivity index (χ2n) is 7.76. The Morgan fingerprint density at radius 1 is 1.09 bits per heavy atom. The molecule has 1 fully saturated rings. The molecule has 0 saturated carbocycles. The van der Waals surface area contributed by atoms with E-state index in [4.69, 9.17) is 0 Å². The van der Waals surface area contributed by atoms with Crippen LogP contribution in [0.4, 0.5) is 0 Å². The molecule has 0 radical (unpaired) electrons. The topological polar surface area (TPSA) is 116 Å². The maximum atomic E-state index is 13.1. The first kappa shape index (κ1) is 26.7. The van der Waals surface area contributed by atoms with Gasteiger partial charge in [0.2, 0.25) is 29.5 Å². The molecule has 1 unspecified atom stereocenters. The van der Waals surface area contributed by atoms with Gasteiger partial charge in [0.1, 0.15) is 12.1 Å². The Hall–Kier alpha value is -2.53. The summed E-state index contributed by atoms with van der Waals surface area (Å²) >= 11 is 8.47. The second-order valence-corrected chi connectivity index (χ2v) is 8.74. The van der Waals surface area contributed by atoms with Crippen molar-refractivity contribution < 1.29 is 24.0 Å². The molecule has 1 aromatic rings. The van der Waals surface area contributed by atoms with Gasteiger partial charge in [-0.15, -0.1) is 0 Å². The number of carbonyl (C=O) groups is 5. The highest BCUT2D eigenvalue weighted by molar-refractivity contribution is 7.81. The van der Waals surface area contributed by atoms with Gasteiger partial charge in [-0.05, 0) is 12.0 Å². The molecule has 2 rings (SSSR count). The number of likely N-dealkylation sites (N-methyl/N-ethyl adjacent to an activating group) is 2. The highest BCUT2D eigenvalue weighted by Crippen LogP contribution is 2.15. The van der Waals surface area contributed by atoms with Crippen molar-refractivity contribution in [2.45, 2.75) is 43.0 Å². The SMILES string of the molecule is CNC(=O)[C@H](Cc1ccccc1)N(C)C(=O)C(CS)NC(=O)[C@@H](S)CCN1C(=O)CCC1=O. The first-order valence-electron chi connectivity index (χ1n) is 10.6. The summed E-state index contributed by atoms with van der Waals surface area (Å²) in [5.74, 6) is -1.81. The van der Waals surface area contributed by atoms with Crippen LogP contribution in [0.25, 0.3) is 0 Å². The maximum Gasteiger partial charge on any atom is 0.246 e. The summed E-state index contributed by atoms with van der Waals surface area (Å²) in [6.45, 7) is 0.0917. The smallest absolute Gasteiger partial charge is 0.246 e. The van der Waals surface area contributed by atoms with Crippen molar-refractivity contribution in [3.63, 3.8) is 0 Å². The lowest BCUT2D eigenvalue weighted by molar-refractivity contribution is -0.141. The molecule has 1 aliphatic heterocycles. The van der Waals surface area contributed by atoms with Gasteiger partial charge in [-0.2, -0.15) is 25.3 Å². The van der Waals surface area contributed by atoms with Gasteiger partial charge < -0.3 is 15.5 Å². The summed E-state index contributed by atoms with van der Waals surface area (Å²) in [4.78, 5) is 64.0. The number of thiol groups is 2. The largest absolute Gasteiger partial charge is 0.357 e. The van der Waals surface area contributed by atoms with Crippen LogP contribution in [-0.2, 0) is 30.4 Å². The van der Waals surface area contributed by atoms with Gasteiger partial charge in [-0.3, -0.25) is 28.9 Å². The predicted octanol–water partition coefficient (Wildman–Crippen LogP) is 0.0542. The molecule has 2 N–H and O–H groups in total. The van der Waals surface area contributed by atoms with Crippen LogP contribution in [0.3, 0.4) is 0 Å². The molecule has 1 aromatic carbocycles. The van der Waals surface area contributed by atoms with E-state index in [2.05, 4.69) is 35.9 Å². The van der Waals surface area contributed by atoms with Crippen molar-refractivity contribution in [1.29, 1.82) is 0 Å². The van der Waals surface area contributed by atoms with E-state index < -0.39 is 29.1 Å². The molecule has 3 atom stereocenters. The molecule has 180 valence electrons. The van der Waals surface area contributed by atoms with Crippen LogP contribution in [0.1, 0.15) is 24.8 Å². The summed E-state index contributed by atoms with van der Waals surface area (Å²) in [5.41, 5.74) is 0.888. The number of nitrogens with one attached hydrogen (secondary N) is 2. The number of imide groups is 1. The van der Waals surface area contributed by atoms with E-state index in [1.165, 1.54) is 19.0 Å². The van der Waals surface area contributed by atoms with Crippen molar-refractivity contribution in [2.24, 2.45) is 0 Å². The molecular formula is C22H30N4O5S2. The van der Waals surface area contributed by atoms with Crippen LogP contribution < -0.4 is 10.6 Å². The molecule has 5 amide bonds. The van der Waals surface area contributed by atoms with E-state index in [0.717, 1.165) is 10.5 Å². The van der Waals surface area contributed by atoms with E-state index in [1.807, 2.05) is 30.3 Å². The zero-order valence-electron chi connectivity index (χ0n) is 18.7. The van der Waals surface area contributed by atoms with Crippen LogP contribution in [-0.4, -0.2) is 83.1 Å². The third kappa shape index (κ3) is 7.23. The molecular weight excluding hydrogens is 464 g/mol. The molecule has 0 bridgehead atoms. The first-order chi connectivity index (χ1) is 15.7. The van der Waals surface area contributed by atoms with E-state index >= 15 is 0 Å². The fourth-order valence-corrected chi connectivity index (χ4v) is 3.95. The number of hydrogen-bond acceptors (Lipinski definition) is 7. The third-order valence-corrected chi connectivity index (χ3v) is 6.37. The van der Waals surface area contributed by atoms with Crippen molar-refractivity contribution in [3.8, 4) is 0 Å². The highest BCUT2D eigenvalue weighted by atomic mass is 32.1. The molecule has 1 saturated heterocycles. The van der Waals surface area contributed by atoms with Gasteiger partial charge >= 0.3 is 0 Å². The molecule has 0 spiro atoms. The molecule has 33 heavy (non-hydrogen) atoms. The number of likely N-dealkylation sites (tertiary alicyclic amines) is 1. The number of nitrogens with zero attached hydrogens (tertiary/aromatic N) is 2. The van der Waals surface area contributed by atoms with Crippen molar-refractivity contribution in [3.05, 3.63) is 35.9 Å². The molecule has 11 heteroatoms. The first-order valence-corrected chi connectivity index (χ1v) is 11.8. The lowest BCUT2D eigenvalue weighted by atomic mass is 10.0. The summed E-state index contributed by atoms with van der Waals surface area (Å²) in [6.07, 6.45) is 0.828. The number of hydrogen-bond donors (Lipinski definition) is 4. The third-order valence-electron chi connectivity index (χ3n) is 5.52. The molecule has 9 nitrogen and oxygen atoms in total. The number of rotatable bonds is 11. The summed E-state index contributed by atoms with van der Waals surface area (Å²) < 4.78 is 0. The van der Waals surface area contributed by atoms with Crippen molar-refractivity contribution >= 4 is 54.8 Å². The Morgan fingerprint density at radius 3 is 2.24 bits per heavy atom. The average molecular weight is 495 g/mol. The standard InChI is InChI=1S/C22H30N4O5S2/c1-23-20(29)16(12-14-6-4-3-5-7-14)25(2)22(31)15(13-32)24-21(30)17(33)10-11-26-18(27)8-9-19(26)28/h3-7,15-17,32-33H,8-13H2,1-2H3,(H,23,29)(H,24,30)/t15?,16-,17-/m0/s1. The van der Waals surface area contributed by atoms with E-state index in [-0.39, 0.29) is 49.3 Å². The quantitative estimate of drug-likeness (QED) is 0.256. The Bertz CT molecular complexity index is 867. The van der Waals surface area contributed by atoms with Crippen LogP contribution in [0, 0.1) is 0 Å². The zero-order chi connectivity index (χ0) is 24.5.